The summed E-state index contributed by atoms with van der Waals surface area (Å²) in [5.74, 6) is -0.925. The second-order valence-corrected chi connectivity index (χ2v) is 4.88. The Morgan fingerprint density at radius 1 is 1.11 bits per heavy atom. The minimum atomic E-state index is -0.491. The Morgan fingerprint density at radius 2 is 1.84 bits per heavy atom. The van der Waals surface area contributed by atoms with Gasteiger partial charge >= 0.3 is 0 Å². The minimum absolute atomic E-state index is 0.0562. The summed E-state index contributed by atoms with van der Waals surface area (Å²) in [5.41, 5.74) is 1.67. The van der Waals surface area contributed by atoms with Crippen LogP contribution in [0.5, 0.6) is 0 Å². The van der Waals surface area contributed by atoms with Gasteiger partial charge in [-0.2, -0.15) is 0 Å². The molecule has 19 heavy (non-hydrogen) atoms. The Morgan fingerprint density at radius 3 is 2.47 bits per heavy atom. The van der Waals surface area contributed by atoms with Crippen molar-refractivity contribution in [1.82, 2.24) is 0 Å². The lowest BCUT2D eigenvalue weighted by atomic mass is 10.2. The van der Waals surface area contributed by atoms with E-state index < -0.39 is 11.7 Å². The van der Waals surface area contributed by atoms with Crippen molar-refractivity contribution in [2.45, 2.75) is 6.92 Å². The van der Waals surface area contributed by atoms with E-state index in [1.807, 2.05) is 13.0 Å². The van der Waals surface area contributed by atoms with E-state index in [-0.39, 0.29) is 10.6 Å². The highest BCUT2D eigenvalue weighted by atomic mass is 35.5. The molecule has 0 radical (unpaired) electrons. The Labute approximate surface area is 120 Å². The number of carbonyl (C=O) groups is 1. The van der Waals surface area contributed by atoms with Crippen molar-refractivity contribution in [3.63, 3.8) is 0 Å². The molecule has 0 aromatic heterocycles. The molecule has 0 aliphatic carbocycles. The predicted octanol–water partition coefficient (Wildman–Crippen LogP) is 4.69. The van der Waals surface area contributed by atoms with Gasteiger partial charge < -0.3 is 5.32 Å². The molecular weight excluding hydrogens is 288 g/mol. The molecule has 5 heteroatoms. The molecular formula is C14H10Cl2FNO. The second-order valence-electron chi connectivity index (χ2n) is 4.06. The first-order valence-electron chi connectivity index (χ1n) is 5.50. The van der Waals surface area contributed by atoms with Gasteiger partial charge in [0, 0.05) is 0 Å². The summed E-state index contributed by atoms with van der Waals surface area (Å²) < 4.78 is 12.9. The van der Waals surface area contributed by atoms with E-state index in [0.29, 0.717) is 10.7 Å². The Kier molecular flexibility index (Phi) is 4.08. The van der Waals surface area contributed by atoms with Crippen molar-refractivity contribution >= 4 is 34.8 Å². The fourth-order valence-corrected chi connectivity index (χ4v) is 2.12. The van der Waals surface area contributed by atoms with E-state index >= 15 is 0 Å². The molecule has 1 amide bonds. The van der Waals surface area contributed by atoms with E-state index in [0.717, 1.165) is 11.6 Å². The molecule has 0 atom stereocenters. The summed E-state index contributed by atoms with van der Waals surface area (Å²) in [6.07, 6.45) is 0. The summed E-state index contributed by atoms with van der Waals surface area (Å²) >= 11 is 11.8. The number of hydrogen-bond donors (Lipinski definition) is 1. The minimum Gasteiger partial charge on any atom is -0.321 e. The summed E-state index contributed by atoms with van der Waals surface area (Å²) in [7, 11) is 0. The van der Waals surface area contributed by atoms with Gasteiger partial charge in [-0.1, -0.05) is 29.3 Å². The van der Waals surface area contributed by atoms with Gasteiger partial charge in [-0.15, -0.1) is 0 Å². The third-order valence-corrected chi connectivity index (χ3v) is 3.17. The maximum atomic E-state index is 12.9. The lowest BCUT2D eigenvalue weighted by Crippen LogP contribution is -2.13. The fourth-order valence-electron chi connectivity index (χ4n) is 1.58. The van der Waals surface area contributed by atoms with Crippen molar-refractivity contribution in [2.24, 2.45) is 0 Å². The van der Waals surface area contributed by atoms with Crippen LogP contribution in [0.2, 0.25) is 10.0 Å². The molecule has 2 aromatic rings. The number of rotatable bonds is 2. The van der Waals surface area contributed by atoms with Crippen molar-refractivity contribution in [3.8, 4) is 0 Å². The SMILES string of the molecule is Cc1ccc(NC(=O)c2ccc(F)cc2Cl)c(Cl)c1. The van der Waals surface area contributed by atoms with Crippen molar-refractivity contribution in [3.05, 3.63) is 63.4 Å². The number of aryl methyl sites for hydroxylation is 1. The lowest BCUT2D eigenvalue weighted by Gasteiger charge is -2.09. The fraction of sp³-hybridized carbons (Fsp3) is 0.0714. The van der Waals surface area contributed by atoms with Gasteiger partial charge in [0.05, 0.1) is 21.3 Å². The third-order valence-electron chi connectivity index (χ3n) is 2.55. The number of halogens is 3. The Hall–Kier alpha value is -1.58. The highest BCUT2D eigenvalue weighted by molar-refractivity contribution is 6.36. The van der Waals surface area contributed by atoms with Crippen molar-refractivity contribution in [2.75, 3.05) is 5.32 Å². The molecule has 0 saturated heterocycles. The summed E-state index contributed by atoms with van der Waals surface area (Å²) in [6, 6.07) is 8.87. The normalized spacial score (nSPS) is 10.3. The van der Waals surface area contributed by atoms with E-state index in [4.69, 9.17) is 23.2 Å². The van der Waals surface area contributed by atoms with Crippen molar-refractivity contribution in [1.29, 1.82) is 0 Å². The van der Waals surface area contributed by atoms with Crippen LogP contribution in [0.25, 0.3) is 0 Å². The van der Waals surface area contributed by atoms with E-state index in [2.05, 4.69) is 5.32 Å². The molecule has 0 aliphatic rings. The van der Waals surface area contributed by atoms with Crippen molar-refractivity contribution < 1.29 is 9.18 Å². The molecule has 0 bridgehead atoms. The van der Waals surface area contributed by atoms with Gasteiger partial charge in [-0.25, -0.2) is 4.39 Å². The smallest absolute Gasteiger partial charge is 0.257 e. The van der Waals surface area contributed by atoms with Crippen LogP contribution in [-0.2, 0) is 0 Å². The summed E-state index contributed by atoms with van der Waals surface area (Å²) in [6.45, 7) is 1.90. The average Bonchev–Trinajstić information content (AvgIpc) is 2.32. The predicted molar refractivity (Wildman–Crippen MR) is 75.6 cm³/mol. The van der Waals surface area contributed by atoms with Crippen LogP contribution < -0.4 is 5.32 Å². The maximum absolute atomic E-state index is 12.9. The third kappa shape index (κ3) is 3.25. The molecule has 2 rings (SSSR count). The molecule has 0 fully saturated rings. The topological polar surface area (TPSA) is 29.1 Å². The first kappa shape index (κ1) is 13.8. The number of benzene rings is 2. The maximum Gasteiger partial charge on any atom is 0.257 e. The monoisotopic (exact) mass is 297 g/mol. The van der Waals surface area contributed by atoms with Gasteiger partial charge in [0.1, 0.15) is 5.82 Å². The zero-order valence-electron chi connectivity index (χ0n) is 10.0. The molecule has 2 nitrogen and oxygen atoms in total. The highest BCUT2D eigenvalue weighted by Gasteiger charge is 2.12. The van der Waals surface area contributed by atoms with E-state index in [1.165, 1.54) is 12.1 Å². The molecule has 0 saturated carbocycles. The molecule has 0 unspecified atom stereocenters. The zero-order valence-corrected chi connectivity index (χ0v) is 11.5. The number of nitrogens with one attached hydrogen (secondary N) is 1. The summed E-state index contributed by atoms with van der Waals surface area (Å²) in [5, 5.41) is 3.13. The van der Waals surface area contributed by atoms with Gasteiger partial charge in [0.15, 0.2) is 0 Å². The van der Waals surface area contributed by atoms with Crippen LogP contribution in [0.15, 0.2) is 36.4 Å². The lowest BCUT2D eigenvalue weighted by molar-refractivity contribution is 0.102. The van der Waals surface area contributed by atoms with Gasteiger partial charge in [-0.05, 0) is 42.8 Å². The van der Waals surface area contributed by atoms with E-state index in [9.17, 15) is 9.18 Å². The highest BCUT2D eigenvalue weighted by Crippen LogP contribution is 2.24. The summed E-state index contributed by atoms with van der Waals surface area (Å²) in [4.78, 5) is 12.0. The number of hydrogen-bond acceptors (Lipinski definition) is 1. The van der Waals surface area contributed by atoms with Gasteiger partial charge in [-0.3, -0.25) is 4.79 Å². The largest absolute Gasteiger partial charge is 0.321 e. The Balaban J connectivity index is 2.25. The van der Waals surface area contributed by atoms with Crippen LogP contribution in [0.3, 0.4) is 0 Å². The second kappa shape index (κ2) is 5.59. The number of amides is 1. The molecule has 98 valence electrons. The van der Waals surface area contributed by atoms with Gasteiger partial charge in [0.2, 0.25) is 0 Å². The van der Waals surface area contributed by atoms with Crippen LogP contribution in [0, 0.1) is 12.7 Å². The van der Waals surface area contributed by atoms with Gasteiger partial charge in [0.25, 0.3) is 5.91 Å². The molecule has 2 aromatic carbocycles. The van der Waals surface area contributed by atoms with Crippen LogP contribution in [0.1, 0.15) is 15.9 Å². The molecule has 0 heterocycles. The van der Waals surface area contributed by atoms with Crippen LogP contribution >= 0.6 is 23.2 Å². The average molecular weight is 298 g/mol. The first-order chi connectivity index (χ1) is 8.97. The molecule has 1 N–H and O–H groups in total. The van der Waals surface area contributed by atoms with Crippen LogP contribution in [-0.4, -0.2) is 5.91 Å². The van der Waals surface area contributed by atoms with E-state index in [1.54, 1.807) is 12.1 Å². The standard InChI is InChI=1S/C14H10Cl2FNO/c1-8-2-5-13(12(16)6-8)18-14(19)10-4-3-9(17)7-11(10)15/h2-7H,1H3,(H,18,19). The molecule has 0 aliphatic heterocycles. The van der Waals surface area contributed by atoms with Crippen LogP contribution in [0.4, 0.5) is 10.1 Å². The number of carbonyl (C=O) groups excluding carboxylic acids is 1. The molecule has 0 spiro atoms. The first-order valence-corrected chi connectivity index (χ1v) is 6.25. The zero-order chi connectivity index (χ0) is 14.0. The Bertz CT molecular complexity index is 643. The number of anilines is 1. The quantitative estimate of drug-likeness (QED) is 0.856.